The van der Waals surface area contributed by atoms with Crippen molar-refractivity contribution in [1.29, 1.82) is 0 Å². The molecule has 0 radical (unpaired) electrons. The highest BCUT2D eigenvalue weighted by atomic mass is 79.9. The van der Waals surface area contributed by atoms with Crippen LogP contribution in [0.3, 0.4) is 0 Å². The highest BCUT2D eigenvalue weighted by Gasteiger charge is 2.01. The van der Waals surface area contributed by atoms with Gasteiger partial charge in [0, 0.05) is 4.47 Å². The monoisotopic (exact) mass is 289 g/mol. The molecule has 0 spiro atoms. The van der Waals surface area contributed by atoms with Gasteiger partial charge in [0.1, 0.15) is 6.33 Å². The summed E-state index contributed by atoms with van der Waals surface area (Å²) in [6, 6.07) is 5.56. The van der Waals surface area contributed by atoms with Crippen molar-refractivity contribution < 1.29 is 0 Å². The largest absolute Gasteiger partial charge is 0.275 e. The van der Waals surface area contributed by atoms with Crippen molar-refractivity contribution in [2.75, 3.05) is 0 Å². The number of H-pyrrole nitrogens is 1. The number of benzene rings is 1. The molecule has 0 fully saturated rings. The predicted octanol–water partition coefficient (Wildman–Crippen LogP) is 3.35. The van der Waals surface area contributed by atoms with Crippen LogP contribution in [0.2, 0.25) is 5.02 Å². The second-order valence-electron chi connectivity index (χ2n) is 2.63. The van der Waals surface area contributed by atoms with Gasteiger partial charge in [0.05, 0.1) is 10.7 Å². The van der Waals surface area contributed by atoms with E-state index in [4.69, 9.17) is 23.8 Å². The normalized spacial score (nSPS) is 10.4. The van der Waals surface area contributed by atoms with Crippen molar-refractivity contribution in [3.05, 3.63) is 38.8 Å². The molecule has 0 atom stereocenters. The molecule has 0 amide bonds. The van der Waals surface area contributed by atoms with Gasteiger partial charge in [-0.1, -0.05) is 11.6 Å². The molecule has 72 valence electrons. The molecule has 1 heterocycles. The van der Waals surface area contributed by atoms with Crippen LogP contribution >= 0.6 is 39.7 Å². The summed E-state index contributed by atoms with van der Waals surface area (Å²) in [5.41, 5.74) is 0.917. The molecule has 1 aromatic carbocycles. The van der Waals surface area contributed by atoms with Gasteiger partial charge in [-0.3, -0.25) is 9.67 Å². The number of rotatable bonds is 1. The summed E-state index contributed by atoms with van der Waals surface area (Å²) in [5, 5.41) is 7.19. The van der Waals surface area contributed by atoms with Crippen LogP contribution in [0.5, 0.6) is 0 Å². The zero-order valence-electron chi connectivity index (χ0n) is 6.87. The number of halogens is 2. The van der Waals surface area contributed by atoms with E-state index in [9.17, 15) is 0 Å². The minimum atomic E-state index is 0.555. The van der Waals surface area contributed by atoms with Gasteiger partial charge >= 0.3 is 0 Å². The SMILES string of the molecule is S=c1[nH]ncn1-c1ccc(Cl)c(Br)c1. The molecule has 1 N–H and O–H groups in total. The minimum Gasteiger partial charge on any atom is -0.275 e. The van der Waals surface area contributed by atoms with E-state index in [0.717, 1.165) is 10.2 Å². The maximum Gasteiger partial charge on any atom is 0.199 e. The standard InChI is InChI=1S/C8H5BrClN3S/c9-6-3-5(1-2-7(6)10)13-4-11-12-8(13)14/h1-4H,(H,12,14). The van der Waals surface area contributed by atoms with E-state index in [-0.39, 0.29) is 0 Å². The average molecular weight is 291 g/mol. The highest BCUT2D eigenvalue weighted by molar-refractivity contribution is 9.10. The van der Waals surface area contributed by atoms with E-state index in [1.54, 1.807) is 17.0 Å². The summed E-state index contributed by atoms with van der Waals surface area (Å²) in [4.78, 5) is 0. The van der Waals surface area contributed by atoms with E-state index >= 15 is 0 Å². The number of hydrogen-bond donors (Lipinski definition) is 1. The third-order valence-electron chi connectivity index (χ3n) is 1.73. The van der Waals surface area contributed by atoms with Crippen LogP contribution in [0.15, 0.2) is 29.0 Å². The lowest BCUT2D eigenvalue weighted by Gasteiger charge is -2.02. The molecule has 2 aromatic rings. The third kappa shape index (κ3) is 1.75. The molecule has 1 aromatic heterocycles. The van der Waals surface area contributed by atoms with Crippen molar-refractivity contribution in [1.82, 2.24) is 14.8 Å². The Labute approximate surface area is 98.8 Å². The lowest BCUT2D eigenvalue weighted by Crippen LogP contribution is -1.91. The lowest BCUT2D eigenvalue weighted by atomic mass is 10.3. The molecule has 0 aliphatic rings. The maximum atomic E-state index is 5.88. The van der Waals surface area contributed by atoms with E-state index in [2.05, 4.69) is 26.1 Å². The Bertz CT molecular complexity index is 519. The Morgan fingerprint density at radius 3 is 2.86 bits per heavy atom. The van der Waals surface area contributed by atoms with Crippen molar-refractivity contribution >= 4 is 39.7 Å². The van der Waals surface area contributed by atoms with Gasteiger partial charge in [-0.15, -0.1) is 0 Å². The molecule has 2 rings (SSSR count). The van der Waals surface area contributed by atoms with Crippen LogP contribution < -0.4 is 0 Å². The molecule has 0 aliphatic carbocycles. The first-order valence-corrected chi connectivity index (χ1v) is 5.34. The topological polar surface area (TPSA) is 33.6 Å². The Balaban J connectivity index is 2.59. The molecule has 14 heavy (non-hydrogen) atoms. The first-order valence-electron chi connectivity index (χ1n) is 3.76. The number of nitrogens with one attached hydrogen (secondary N) is 1. The fourth-order valence-electron chi connectivity index (χ4n) is 1.07. The summed E-state index contributed by atoms with van der Waals surface area (Å²) < 4.78 is 3.15. The van der Waals surface area contributed by atoms with E-state index in [1.165, 1.54) is 0 Å². The fourth-order valence-corrected chi connectivity index (χ4v) is 1.76. The van der Waals surface area contributed by atoms with Crippen LogP contribution in [0, 0.1) is 4.77 Å². The molecule has 3 nitrogen and oxygen atoms in total. The molecular weight excluding hydrogens is 286 g/mol. The van der Waals surface area contributed by atoms with Crippen molar-refractivity contribution in [3.63, 3.8) is 0 Å². The van der Waals surface area contributed by atoms with Gasteiger partial charge < -0.3 is 0 Å². The Morgan fingerprint density at radius 1 is 1.50 bits per heavy atom. The Hall–Kier alpha value is -0.650. The van der Waals surface area contributed by atoms with Crippen LogP contribution in [0.4, 0.5) is 0 Å². The fraction of sp³-hybridized carbons (Fsp3) is 0. The van der Waals surface area contributed by atoms with E-state index in [0.29, 0.717) is 9.79 Å². The van der Waals surface area contributed by atoms with Crippen molar-refractivity contribution in [2.24, 2.45) is 0 Å². The summed E-state index contributed by atoms with van der Waals surface area (Å²) in [5.74, 6) is 0. The van der Waals surface area contributed by atoms with Gasteiger partial charge in [-0.25, -0.2) is 0 Å². The first kappa shape index (κ1) is 9.89. The van der Waals surface area contributed by atoms with Crippen LogP contribution in [0.25, 0.3) is 5.69 Å². The summed E-state index contributed by atoms with van der Waals surface area (Å²) >= 11 is 14.3. The zero-order valence-corrected chi connectivity index (χ0v) is 10.0. The Kier molecular flexibility index (Phi) is 2.71. The minimum absolute atomic E-state index is 0.555. The third-order valence-corrected chi connectivity index (χ3v) is 3.24. The van der Waals surface area contributed by atoms with Crippen molar-refractivity contribution in [3.8, 4) is 5.69 Å². The zero-order chi connectivity index (χ0) is 10.1. The molecule has 0 saturated carbocycles. The van der Waals surface area contributed by atoms with Crippen LogP contribution in [-0.2, 0) is 0 Å². The van der Waals surface area contributed by atoms with E-state index in [1.807, 2.05) is 12.1 Å². The first-order chi connectivity index (χ1) is 6.68. The van der Waals surface area contributed by atoms with Crippen LogP contribution in [0.1, 0.15) is 0 Å². The van der Waals surface area contributed by atoms with E-state index < -0.39 is 0 Å². The summed E-state index contributed by atoms with van der Waals surface area (Å²) in [7, 11) is 0. The molecular formula is C8H5BrClN3S. The molecule has 0 aliphatic heterocycles. The lowest BCUT2D eigenvalue weighted by molar-refractivity contribution is 1.03. The molecule has 0 saturated heterocycles. The quantitative estimate of drug-likeness (QED) is 0.817. The van der Waals surface area contributed by atoms with Crippen molar-refractivity contribution in [2.45, 2.75) is 0 Å². The number of aromatic nitrogens is 3. The average Bonchev–Trinajstić information content (AvgIpc) is 2.57. The number of nitrogens with zero attached hydrogens (tertiary/aromatic N) is 2. The molecule has 0 bridgehead atoms. The Morgan fingerprint density at radius 2 is 2.29 bits per heavy atom. The maximum absolute atomic E-state index is 5.88. The second-order valence-corrected chi connectivity index (χ2v) is 4.28. The van der Waals surface area contributed by atoms with Gasteiger partial charge in [0.15, 0.2) is 4.77 Å². The van der Waals surface area contributed by atoms with Gasteiger partial charge in [0.2, 0.25) is 0 Å². The van der Waals surface area contributed by atoms with Gasteiger partial charge in [-0.05, 0) is 46.3 Å². The summed E-state index contributed by atoms with van der Waals surface area (Å²) in [6.45, 7) is 0. The molecule has 6 heteroatoms. The second kappa shape index (κ2) is 3.84. The smallest absolute Gasteiger partial charge is 0.199 e. The molecule has 0 unspecified atom stereocenters. The van der Waals surface area contributed by atoms with Gasteiger partial charge in [0.25, 0.3) is 0 Å². The number of hydrogen-bond acceptors (Lipinski definition) is 2. The highest BCUT2D eigenvalue weighted by Crippen LogP contribution is 2.24. The predicted molar refractivity (Wildman–Crippen MR) is 61.5 cm³/mol. The number of aromatic amines is 1. The van der Waals surface area contributed by atoms with Gasteiger partial charge in [-0.2, -0.15) is 5.10 Å². The van der Waals surface area contributed by atoms with Crippen LogP contribution in [-0.4, -0.2) is 14.8 Å². The summed E-state index contributed by atoms with van der Waals surface area (Å²) in [6.07, 6.45) is 1.62.